The summed E-state index contributed by atoms with van der Waals surface area (Å²) in [6.07, 6.45) is 10.0. The second-order valence-corrected chi connectivity index (χ2v) is 15.0. The van der Waals surface area contributed by atoms with Crippen molar-refractivity contribution < 1.29 is 4.79 Å². The summed E-state index contributed by atoms with van der Waals surface area (Å²) in [5.74, 6) is 0.219. The molecule has 0 radical (unpaired) electrons. The zero-order valence-corrected chi connectivity index (χ0v) is 34.6. The molecule has 9 aromatic rings. The number of anilines is 1. The molecule has 0 aliphatic carbocycles. The minimum Gasteiger partial charge on any atom is -0.384 e. The van der Waals surface area contributed by atoms with Gasteiger partial charge in [-0.25, -0.2) is 19.9 Å². The maximum absolute atomic E-state index is 13.3. The first-order chi connectivity index (χ1) is 27.0. The number of aryl methyl sites for hydroxylation is 2. The second kappa shape index (κ2) is 16.9. The number of aromatic nitrogens is 10. The largest absolute Gasteiger partial charge is 0.384 e. The number of hydrogen-bond acceptors (Lipinski definition) is 9. The van der Waals surface area contributed by atoms with Gasteiger partial charge in [0.15, 0.2) is 0 Å². The molecule has 0 unspecified atom stereocenters. The Labute approximate surface area is 352 Å². The van der Waals surface area contributed by atoms with E-state index >= 15 is 0 Å². The Morgan fingerprint density at radius 3 is 2.38 bits per heavy atom. The van der Waals surface area contributed by atoms with E-state index in [-0.39, 0.29) is 11.1 Å². The number of carbonyl (C=O) groups is 1. The van der Waals surface area contributed by atoms with Gasteiger partial charge in [-0.15, -0.1) is 0 Å². The lowest BCUT2D eigenvalue weighted by atomic mass is 10.1. The summed E-state index contributed by atoms with van der Waals surface area (Å²) in [6, 6.07) is 15.2. The standard InChI is InChI=1S/C26H22Cl2N6O.C6H3ClIN3.C6H4ClN3/c1-14-7-23(29)33-15(2)19(14)11-32-26(35)20-13-34(22-5-6-30-25(28)24(20)22)12-16-3-4-21-17(8-16)9-18(27)10-31-21;7-5-4-3(1-2-9-5)10-11-6(4)8;7-6-4-3-9-10-5(4)1-2-8-6/h3-10,13H,11-12H2,1-2H3,(H2,29,33)(H,32,35);1-2H,(H,10,11);1-3H,(H,9,10). The zero-order chi connectivity index (χ0) is 39.5. The first-order valence-corrected chi connectivity index (χ1v) is 19.3. The van der Waals surface area contributed by atoms with E-state index in [1.165, 1.54) is 0 Å². The fraction of sp³-hybridized carbons (Fsp3) is 0.105. The van der Waals surface area contributed by atoms with E-state index in [9.17, 15) is 4.79 Å². The Morgan fingerprint density at radius 2 is 1.61 bits per heavy atom. The van der Waals surface area contributed by atoms with Gasteiger partial charge in [-0.05, 0) is 95.6 Å². The van der Waals surface area contributed by atoms with Crippen molar-refractivity contribution in [1.29, 1.82) is 0 Å². The number of nitrogens with one attached hydrogen (secondary N) is 3. The van der Waals surface area contributed by atoms with E-state index in [1.807, 2.05) is 67.1 Å². The number of carbonyl (C=O) groups excluding carboxylic acids is 1. The van der Waals surface area contributed by atoms with Gasteiger partial charge < -0.3 is 15.6 Å². The number of amides is 1. The van der Waals surface area contributed by atoms with E-state index in [2.05, 4.69) is 73.2 Å². The van der Waals surface area contributed by atoms with Crippen LogP contribution in [0, 0.1) is 17.5 Å². The van der Waals surface area contributed by atoms with Gasteiger partial charge in [0.2, 0.25) is 0 Å². The van der Waals surface area contributed by atoms with Crippen molar-refractivity contribution in [2.75, 3.05) is 5.73 Å². The van der Waals surface area contributed by atoms with Gasteiger partial charge in [0.1, 0.15) is 25.0 Å². The Morgan fingerprint density at radius 1 is 0.857 bits per heavy atom. The van der Waals surface area contributed by atoms with E-state index < -0.39 is 0 Å². The molecule has 0 aliphatic rings. The molecule has 0 spiro atoms. The molecule has 9 rings (SSSR count). The molecule has 0 aliphatic heterocycles. The lowest BCUT2D eigenvalue weighted by Gasteiger charge is -2.11. The van der Waals surface area contributed by atoms with E-state index in [4.69, 9.17) is 52.1 Å². The Kier molecular flexibility index (Phi) is 11.8. The molecular weight excluding hydrogens is 909 g/mol. The molecule has 56 heavy (non-hydrogen) atoms. The Hall–Kier alpha value is -5.13. The molecule has 0 saturated heterocycles. The zero-order valence-electron chi connectivity index (χ0n) is 29.5. The highest BCUT2D eigenvalue weighted by molar-refractivity contribution is 14.1. The van der Waals surface area contributed by atoms with Crippen molar-refractivity contribution in [1.82, 2.24) is 55.2 Å². The number of nitrogens with two attached hydrogens (primary N) is 1. The van der Waals surface area contributed by atoms with Crippen molar-refractivity contribution in [3.63, 3.8) is 0 Å². The number of fused-ring (bicyclic) bond motifs is 4. The third-order valence-corrected chi connectivity index (χ3v) is 10.6. The minimum atomic E-state index is -0.242. The number of aromatic amines is 2. The van der Waals surface area contributed by atoms with Gasteiger partial charge in [0, 0.05) is 60.5 Å². The van der Waals surface area contributed by atoms with Crippen LogP contribution in [0.4, 0.5) is 5.82 Å². The number of pyridine rings is 5. The molecule has 0 fully saturated rings. The minimum absolute atomic E-state index is 0.242. The van der Waals surface area contributed by atoms with Crippen molar-refractivity contribution >= 4 is 124 Å². The van der Waals surface area contributed by atoms with Crippen LogP contribution < -0.4 is 11.1 Å². The molecular formula is C38H29Cl4IN12O. The average molecular weight is 938 g/mol. The summed E-state index contributed by atoms with van der Waals surface area (Å²) in [4.78, 5) is 34.0. The van der Waals surface area contributed by atoms with Gasteiger partial charge in [0.25, 0.3) is 5.91 Å². The molecule has 282 valence electrons. The van der Waals surface area contributed by atoms with Crippen LogP contribution in [0.15, 0.2) is 85.7 Å². The SMILES string of the molecule is Cc1cc(N)nc(C)c1CNC(=O)c1cn(Cc2ccc3ncc(Cl)cc3c2)c2ccnc(Cl)c12.Clc1nccc2[nH]ncc12.Clc1nccc2n[nH]c(I)c12. The number of rotatable bonds is 5. The summed E-state index contributed by atoms with van der Waals surface area (Å²) in [5.41, 5.74) is 13.5. The second-order valence-electron chi connectivity index (χ2n) is 12.4. The van der Waals surface area contributed by atoms with Crippen LogP contribution >= 0.6 is 69.0 Å². The highest BCUT2D eigenvalue weighted by atomic mass is 127. The lowest BCUT2D eigenvalue weighted by Crippen LogP contribution is -2.24. The van der Waals surface area contributed by atoms with Crippen molar-refractivity contribution in [3.8, 4) is 0 Å². The first kappa shape index (κ1) is 39.1. The van der Waals surface area contributed by atoms with Gasteiger partial charge in [-0.2, -0.15) is 10.2 Å². The van der Waals surface area contributed by atoms with Crippen LogP contribution in [0.1, 0.15) is 32.7 Å². The fourth-order valence-corrected chi connectivity index (χ4v) is 7.79. The van der Waals surface area contributed by atoms with Crippen molar-refractivity contribution in [2.45, 2.75) is 26.9 Å². The summed E-state index contributed by atoms with van der Waals surface area (Å²) >= 11 is 26.3. The third-order valence-electron chi connectivity index (χ3n) is 8.75. The highest BCUT2D eigenvalue weighted by Crippen LogP contribution is 2.29. The molecule has 8 heterocycles. The number of H-pyrrole nitrogens is 2. The molecule has 18 heteroatoms. The molecule has 1 aromatic carbocycles. The number of benzene rings is 1. The van der Waals surface area contributed by atoms with Crippen molar-refractivity contribution in [3.05, 3.63) is 138 Å². The molecule has 5 N–H and O–H groups in total. The van der Waals surface area contributed by atoms with Crippen LogP contribution in [0.2, 0.25) is 20.5 Å². The molecule has 13 nitrogen and oxygen atoms in total. The maximum Gasteiger partial charge on any atom is 0.253 e. The predicted molar refractivity (Wildman–Crippen MR) is 230 cm³/mol. The fourth-order valence-electron chi connectivity index (χ4n) is 6.10. The third kappa shape index (κ3) is 8.49. The molecule has 0 bridgehead atoms. The van der Waals surface area contributed by atoms with Crippen LogP contribution in [-0.4, -0.2) is 55.8 Å². The molecule has 0 atom stereocenters. The first-order valence-electron chi connectivity index (χ1n) is 16.7. The summed E-state index contributed by atoms with van der Waals surface area (Å²) in [5, 5.41) is 21.6. The van der Waals surface area contributed by atoms with Crippen LogP contribution in [-0.2, 0) is 13.1 Å². The summed E-state index contributed by atoms with van der Waals surface area (Å²) < 4.78 is 2.92. The maximum atomic E-state index is 13.3. The van der Waals surface area contributed by atoms with Gasteiger partial charge >= 0.3 is 0 Å². The van der Waals surface area contributed by atoms with Gasteiger partial charge in [-0.1, -0.05) is 52.5 Å². The quantitative estimate of drug-likeness (QED) is 0.0966. The monoisotopic (exact) mass is 936 g/mol. The smallest absolute Gasteiger partial charge is 0.253 e. The average Bonchev–Trinajstić information content (AvgIpc) is 3.91. The van der Waals surface area contributed by atoms with Crippen LogP contribution in [0.3, 0.4) is 0 Å². The number of hydrogen-bond donors (Lipinski definition) is 4. The van der Waals surface area contributed by atoms with E-state index in [0.717, 1.165) is 64.3 Å². The number of nitrogens with zero attached hydrogens (tertiary/aromatic N) is 8. The van der Waals surface area contributed by atoms with Gasteiger partial charge in [-0.3, -0.25) is 20.0 Å². The normalized spacial score (nSPS) is 11.1. The summed E-state index contributed by atoms with van der Waals surface area (Å²) in [7, 11) is 0. The summed E-state index contributed by atoms with van der Waals surface area (Å²) in [6.45, 7) is 4.69. The van der Waals surface area contributed by atoms with E-state index in [1.54, 1.807) is 37.1 Å². The Bertz CT molecular complexity index is 2870. The molecule has 0 saturated carbocycles. The van der Waals surface area contributed by atoms with Crippen molar-refractivity contribution in [2.24, 2.45) is 0 Å². The van der Waals surface area contributed by atoms with Crippen LogP contribution in [0.5, 0.6) is 0 Å². The lowest BCUT2D eigenvalue weighted by molar-refractivity contribution is 0.0952. The molecule has 8 aromatic heterocycles. The van der Waals surface area contributed by atoms with Crippen LogP contribution in [0.25, 0.3) is 43.6 Å². The van der Waals surface area contributed by atoms with Gasteiger partial charge in [0.05, 0.1) is 49.6 Å². The van der Waals surface area contributed by atoms with E-state index in [0.29, 0.717) is 45.2 Å². The Balaban J connectivity index is 0.000000183. The number of nitrogen functional groups attached to an aromatic ring is 1. The predicted octanol–water partition coefficient (Wildman–Crippen LogP) is 9.29. The molecule has 1 amide bonds. The number of halogens is 5. The highest BCUT2D eigenvalue weighted by Gasteiger charge is 2.19. The topological polar surface area (TPSA) is 182 Å².